The fourth-order valence-electron chi connectivity index (χ4n) is 1.90. The SMILES string of the molecule is Cc1ccc(S(=O)(=O)/C(=C/Nc2ncc(C(F)(F)F)cc2Cl)[N+](=O)[O-])cc1. The van der Waals surface area contributed by atoms with Gasteiger partial charge >= 0.3 is 11.2 Å². The predicted molar refractivity (Wildman–Crippen MR) is 91.3 cm³/mol. The van der Waals surface area contributed by atoms with E-state index in [0.29, 0.717) is 18.5 Å². The number of sulfone groups is 1. The smallest absolute Gasteiger partial charge is 0.339 e. The number of aromatic nitrogens is 1. The Balaban J connectivity index is 2.39. The van der Waals surface area contributed by atoms with Gasteiger partial charge in [-0.15, -0.1) is 0 Å². The Labute approximate surface area is 156 Å². The van der Waals surface area contributed by atoms with Crippen LogP contribution in [0.5, 0.6) is 0 Å². The van der Waals surface area contributed by atoms with Crippen molar-refractivity contribution in [3.63, 3.8) is 0 Å². The molecule has 0 aliphatic carbocycles. The summed E-state index contributed by atoms with van der Waals surface area (Å²) in [5.41, 5.74) is -0.372. The number of halogens is 4. The van der Waals surface area contributed by atoms with Crippen LogP contribution in [0.25, 0.3) is 0 Å². The number of anilines is 1. The Hall–Kier alpha value is -2.66. The van der Waals surface area contributed by atoms with Gasteiger partial charge in [0.25, 0.3) is 9.84 Å². The van der Waals surface area contributed by atoms with Crippen molar-refractivity contribution in [2.75, 3.05) is 5.32 Å². The van der Waals surface area contributed by atoms with Gasteiger partial charge in [0, 0.05) is 6.20 Å². The van der Waals surface area contributed by atoms with Crippen molar-refractivity contribution < 1.29 is 26.5 Å². The number of alkyl halides is 3. The lowest BCUT2D eigenvalue weighted by atomic mass is 10.2. The van der Waals surface area contributed by atoms with Gasteiger partial charge in [0.05, 0.1) is 26.6 Å². The van der Waals surface area contributed by atoms with Gasteiger partial charge in [-0.2, -0.15) is 13.2 Å². The number of aryl methyl sites for hydroxylation is 1. The molecule has 1 heterocycles. The second kappa shape index (κ2) is 7.53. The van der Waals surface area contributed by atoms with Crippen molar-refractivity contribution in [1.29, 1.82) is 0 Å². The first-order valence-corrected chi connectivity index (χ1v) is 8.94. The van der Waals surface area contributed by atoms with Crippen LogP contribution in [0, 0.1) is 17.0 Å². The topological polar surface area (TPSA) is 102 Å². The summed E-state index contributed by atoms with van der Waals surface area (Å²) in [6.07, 6.45) is -3.70. The molecule has 27 heavy (non-hydrogen) atoms. The van der Waals surface area contributed by atoms with Crippen molar-refractivity contribution in [3.05, 3.63) is 74.0 Å². The van der Waals surface area contributed by atoms with E-state index in [-0.39, 0.29) is 10.7 Å². The summed E-state index contributed by atoms with van der Waals surface area (Å²) < 4.78 is 62.6. The van der Waals surface area contributed by atoms with Crippen LogP contribution in [0.3, 0.4) is 0 Å². The van der Waals surface area contributed by atoms with E-state index < -0.39 is 36.6 Å². The third-order valence-corrected chi connectivity index (χ3v) is 5.29. The van der Waals surface area contributed by atoms with Crippen LogP contribution in [0.15, 0.2) is 52.7 Å². The van der Waals surface area contributed by atoms with Gasteiger partial charge in [0.15, 0.2) is 0 Å². The van der Waals surface area contributed by atoms with E-state index in [9.17, 15) is 31.7 Å². The van der Waals surface area contributed by atoms with E-state index in [1.807, 2.05) is 0 Å². The molecule has 0 aliphatic rings. The molecular weight excluding hydrogens is 411 g/mol. The summed E-state index contributed by atoms with van der Waals surface area (Å²) in [6, 6.07) is 5.89. The van der Waals surface area contributed by atoms with E-state index in [4.69, 9.17) is 11.6 Å². The average molecular weight is 422 g/mol. The van der Waals surface area contributed by atoms with Gasteiger partial charge in [0.2, 0.25) is 0 Å². The number of nitro groups is 1. The van der Waals surface area contributed by atoms with Crippen LogP contribution in [0.2, 0.25) is 5.02 Å². The average Bonchev–Trinajstić information content (AvgIpc) is 2.55. The summed E-state index contributed by atoms with van der Waals surface area (Å²) in [6.45, 7) is 1.71. The van der Waals surface area contributed by atoms with Crippen LogP contribution in [0.1, 0.15) is 11.1 Å². The Morgan fingerprint density at radius 3 is 2.37 bits per heavy atom. The van der Waals surface area contributed by atoms with Gasteiger partial charge in [0.1, 0.15) is 5.82 Å². The van der Waals surface area contributed by atoms with E-state index in [0.717, 1.165) is 5.56 Å². The number of hydrogen-bond acceptors (Lipinski definition) is 6. The second-order valence-corrected chi connectivity index (χ2v) is 7.56. The summed E-state index contributed by atoms with van der Waals surface area (Å²) in [4.78, 5) is 13.2. The van der Waals surface area contributed by atoms with Crippen LogP contribution < -0.4 is 5.32 Å². The first-order valence-electron chi connectivity index (χ1n) is 7.08. The first kappa shape index (κ1) is 20.6. The van der Waals surface area contributed by atoms with Crippen molar-refractivity contribution >= 4 is 27.3 Å². The number of pyridine rings is 1. The second-order valence-electron chi connectivity index (χ2n) is 5.25. The van der Waals surface area contributed by atoms with E-state index >= 15 is 0 Å². The minimum Gasteiger partial charge on any atom is -0.339 e. The van der Waals surface area contributed by atoms with Gasteiger partial charge in [-0.25, -0.2) is 13.4 Å². The van der Waals surface area contributed by atoms with Crippen LogP contribution >= 0.6 is 11.6 Å². The zero-order valence-corrected chi connectivity index (χ0v) is 15.1. The molecule has 144 valence electrons. The molecule has 2 rings (SSSR count). The maximum absolute atomic E-state index is 12.6. The summed E-state index contributed by atoms with van der Waals surface area (Å²) in [5.74, 6) is -0.372. The van der Waals surface area contributed by atoms with Crippen molar-refractivity contribution in [3.8, 4) is 0 Å². The zero-order chi connectivity index (χ0) is 20.4. The highest BCUT2D eigenvalue weighted by Crippen LogP contribution is 2.32. The molecule has 0 spiro atoms. The van der Waals surface area contributed by atoms with Crippen molar-refractivity contribution in [1.82, 2.24) is 4.98 Å². The monoisotopic (exact) mass is 421 g/mol. The molecule has 7 nitrogen and oxygen atoms in total. The molecule has 1 aromatic carbocycles. The minimum atomic E-state index is -4.67. The molecule has 12 heteroatoms. The third-order valence-electron chi connectivity index (χ3n) is 3.29. The number of hydrogen-bond donors (Lipinski definition) is 1. The van der Waals surface area contributed by atoms with E-state index in [1.54, 1.807) is 6.92 Å². The van der Waals surface area contributed by atoms with Gasteiger partial charge in [-0.1, -0.05) is 29.3 Å². The highest BCUT2D eigenvalue weighted by atomic mass is 35.5. The maximum Gasteiger partial charge on any atom is 0.417 e. The molecule has 0 saturated carbocycles. The molecule has 0 radical (unpaired) electrons. The zero-order valence-electron chi connectivity index (χ0n) is 13.5. The van der Waals surface area contributed by atoms with Crippen molar-refractivity contribution in [2.45, 2.75) is 18.0 Å². The molecule has 1 aromatic heterocycles. The Kier molecular flexibility index (Phi) is 5.76. The number of benzene rings is 1. The Morgan fingerprint density at radius 1 is 1.30 bits per heavy atom. The number of nitrogens with zero attached hydrogens (tertiary/aromatic N) is 2. The molecule has 0 saturated heterocycles. The highest BCUT2D eigenvalue weighted by molar-refractivity contribution is 7.95. The highest BCUT2D eigenvalue weighted by Gasteiger charge is 2.33. The van der Waals surface area contributed by atoms with Crippen LogP contribution in [-0.4, -0.2) is 18.3 Å². The fraction of sp³-hybridized carbons (Fsp3) is 0.133. The summed E-state index contributed by atoms with van der Waals surface area (Å²) in [5, 5.41) is 11.7. The third kappa shape index (κ3) is 4.74. The van der Waals surface area contributed by atoms with E-state index in [1.165, 1.54) is 24.3 Å². The molecule has 0 unspecified atom stereocenters. The maximum atomic E-state index is 12.6. The standard InChI is InChI=1S/C15H11ClF3N3O4S/c1-9-2-4-11(5-3-9)27(25,26)13(22(23)24)8-21-14-12(16)6-10(7-20-14)15(17,18)19/h2-8H,1H3,(H,20,21)/b13-8+. The molecule has 0 atom stereocenters. The molecule has 0 bridgehead atoms. The van der Waals surface area contributed by atoms with Crippen LogP contribution in [0.4, 0.5) is 19.0 Å². The number of nitrogens with one attached hydrogen (secondary N) is 1. The minimum absolute atomic E-state index is 0.315. The summed E-state index contributed by atoms with van der Waals surface area (Å²) in [7, 11) is -4.48. The number of rotatable bonds is 5. The molecule has 0 amide bonds. The van der Waals surface area contributed by atoms with Gasteiger partial charge in [-0.05, 0) is 25.1 Å². The molecule has 1 N–H and O–H groups in total. The normalized spacial score (nSPS) is 12.7. The Morgan fingerprint density at radius 2 is 1.89 bits per heavy atom. The quantitative estimate of drug-likeness (QED) is 0.577. The lowest BCUT2D eigenvalue weighted by Crippen LogP contribution is -2.14. The van der Waals surface area contributed by atoms with Gasteiger partial charge in [-0.3, -0.25) is 10.1 Å². The fourth-order valence-corrected chi connectivity index (χ4v) is 3.26. The lowest BCUT2D eigenvalue weighted by Gasteiger charge is -2.09. The molecule has 0 fully saturated rings. The van der Waals surface area contributed by atoms with Crippen molar-refractivity contribution in [2.24, 2.45) is 0 Å². The summed E-state index contributed by atoms with van der Waals surface area (Å²) >= 11 is 5.67. The molecule has 2 aromatic rings. The molecular formula is C15H11ClF3N3O4S. The predicted octanol–water partition coefficient (Wildman–Crippen LogP) is 4.02. The molecule has 0 aliphatic heterocycles. The Bertz CT molecular complexity index is 1010. The van der Waals surface area contributed by atoms with Crippen LogP contribution in [-0.2, 0) is 16.0 Å². The largest absolute Gasteiger partial charge is 0.417 e. The van der Waals surface area contributed by atoms with Gasteiger partial charge < -0.3 is 5.32 Å². The van der Waals surface area contributed by atoms with E-state index in [2.05, 4.69) is 10.3 Å². The first-order chi connectivity index (χ1) is 12.4. The lowest BCUT2D eigenvalue weighted by molar-refractivity contribution is -0.411.